The van der Waals surface area contributed by atoms with Crippen molar-refractivity contribution in [1.29, 1.82) is 0 Å². The molecular weight excluding hydrogens is 170 g/mol. The van der Waals surface area contributed by atoms with Crippen molar-refractivity contribution in [2.45, 2.75) is 0 Å². The van der Waals surface area contributed by atoms with Gasteiger partial charge >= 0.3 is 0 Å². The molecule has 0 aliphatic carbocycles. The van der Waals surface area contributed by atoms with Gasteiger partial charge < -0.3 is 5.32 Å². The van der Waals surface area contributed by atoms with Gasteiger partial charge in [-0.15, -0.1) is 0 Å². The summed E-state index contributed by atoms with van der Waals surface area (Å²) in [6.45, 7) is 0.0833. The lowest BCUT2D eigenvalue weighted by molar-refractivity contribution is 0.562. The highest BCUT2D eigenvalue weighted by molar-refractivity contribution is 7.87. The monoisotopic (exact) mass is 179 g/mol. The lowest BCUT2D eigenvalue weighted by Gasteiger charge is -2.02. The third kappa shape index (κ3) is 5.56. The second kappa shape index (κ2) is 4.09. The molecule has 0 bridgehead atoms. The molecule has 0 aromatic rings. The Morgan fingerprint density at radius 1 is 1.64 bits per heavy atom. The van der Waals surface area contributed by atoms with Crippen LogP contribution in [0.2, 0.25) is 0 Å². The minimum absolute atomic E-state index is 0.0833. The maximum Gasteiger partial charge on any atom is 0.296 e. The standard InChI is InChI=1S/C4H9N3O3S/c1-6-2-4(3-8)7-11(5,9)10/h6-7H,2H2,1H3,(H2,5,9,10). The van der Waals surface area contributed by atoms with Gasteiger partial charge in [0.05, 0.1) is 0 Å². The van der Waals surface area contributed by atoms with E-state index in [9.17, 15) is 13.2 Å². The molecule has 0 unspecified atom stereocenters. The van der Waals surface area contributed by atoms with Gasteiger partial charge in [0, 0.05) is 6.54 Å². The Bertz CT molecular complexity index is 264. The molecule has 0 saturated carbocycles. The van der Waals surface area contributed by atoms with Gasteiger partial charge in [-0.1, -0.05) is 0 Å². The third-order valence-electron chi connectivity index (χ3n) is 0.742. The summed E-state index contributed by atoms with van der Waals surface area (Å²) in [5, 5.41) is 7.14. The number of nitrogens with one attached hydrogen (secondary N) is 2. The fourth-order valence-electron chi connectivity index (χ4n) is 0.442. The summed E-state index contributed by atoms with van der Waals surface area (Å²) in [6.07, 6.45) is 0. The number of likely N-dealkylation sites (N-methyl/N-ethyl adjacent to an activating group) is 1. The lowest BCUT2D eigenvalue weighted by atomic mass is 10.5. The first-order valence-corrected chi connectivity index (χ1v) is 4.23. The molecule has 64 valence electrons. The Hall–Kier alpha value is -0.880. The fraction of sp³-hybridized carbons (Fsp3) is 0.500. The predicted octanol–water partition coefficient (Wildman–Crippen LogP) is -2.29. The topological polar surface area (TPSA) is 101 Å². The highest BCUT2D eigenvalue weighted by Crippen LogP contribution is 1.79. The van der Waals surface area contributed by atoms with E-state index in [1.807, 2.05) is 0 Å². The van der Waals surface area contributed by atoms with Crippen LogP contribution in [0.5, 0.6) is 0 Å². The first-order chi connectivity index (χ1) is 4.99. The Morgan fingerprint density at radius 3 is 2.45 bits per heavy atom. The van der Waals surface area contributed by atoms with Crippen LogP contribution in [0.4, 0.5) is 0 Å². The normalized spacial score (nSPS) is 10.4. The van der Waals surface area contributed by atoms with Crippen molar-refractivity contribution in [2.75, 3.05) is 13.6 Å². The zero-order chi connectivity index (χ0) is 8.91. The van der Waals surface area contributed by atoms with Crippen molar-refractivity contribution >= 4 is 16.2 Å². The molecular formula is C4H9N3O3S. The highest BCUT2D eigenvalue weighted by atomic mass is 32.2. The minimum atomic E-state index is -3.85. The maximum atomic E-state index is 10.3. The molecule has 7 heteroatoms. The van der Waals surface area contributed by atoms with Gasteiger partial charge in [0.2, 0.25) is 0 Å². The largest absolute Gasteiger partial charge is 0.314 e. The SMILES string of the molecule is CNCC(=C=O)NS(N)(=O)=O. The molecule has 0 atom stereocenters. The second-order valence-corrected chi connectivity index (χ2v) is 3.05. The molecule has 6 nitrogen and oxygen atoms in total. The van der Waals surface area contributed by atoms with Crippen LogP contribution in [0.1, 0.15) is 0 Å². The van der Waals surface area contributed by atoms with Crippen molar-refractivity contribution < 1.29 is 13.2 Å². The Morgan fingerprint density at radius 2 is 2.18 bits per heavy atom. The summed E-state index contributed by atoms with van der Waals surface area (Å²) in [6, 6.07) is 0. The van der Waals surface area contributed by atoms with E-state index in [0.29, 0.717) is 0 Å². The summed E-state index contributed by atoms with van der Waals surface area (Å²) in [5.74, 6) is 1.39. The molecule has 11 heavy (non-hydrogen) atoms. The first kappa shape index (κ1) is 10.1. The van der Waals surface area contributed by atoms with Crippen LogP contribution in [0.3, 0.4) is 0 Å². The van der Waals surface area contributed by atoms with E-state index in [1.165, 1.54) is 5.94 Å². The zero-order valence-electron chi connectivity index (χ0n) is 5.92. The van der Waals surface area contributed by atoms with Crippen molar-refractivity contribution in [3.05, 3.63) is 5.70 Å². The van der Waals surface area contributed by atoms with E-state index >= 15 is 0 Å². The molecule has 0 heterocycles. The molecule has 0 amide bonds. The molecule has 0 radical (unpaired) electrons. The molecule has 4 N–H and O–H groups in total. The second-order valence-electron chi connectivity index (χ2n) is 1.76. The van der Waals surface area contributed by atoms with Gasteiger partial charge in [-0.2, -0.15) is 8.42 Å². The third-order valence-corrected chi connectivity index (χ3v) is 1.27. The average Bonchev–Trinajstić information content (AvgIpc) is 1.84. The van der Waals surface area contributed by atoms with Crippen LogP contribution >= 0.6 is 0 Å². The molecule has 0 aromatic carbocycles. The van der Waals surface area contributed by atoms with Gasteiger partial charge in [-0.05, 0) is 7.05 Å². The zero-order valence-corrected chi connectivity index (χ0v) is 6.73. The van der Waals surface area contributed by atoms with Crippen molar-refractivity contribution in [1.82, 2.24) is 10.0 Å². The van der Waals surface area contributed by atoms with Gasteiger partial charge in [0.1, 0.15) is 11.6 Å². The summed E-state index contributed by atoms with van der Waals surface area (Å²) in [5.41, 5.74) is -0.144. The number of hydrogen-bond acceptors (Lipinski definition) is 4. The van der Waals surface area contributed by atoms with Gasteiger partial charge in [0.15, 0.2) is 0 Å². The Labute approximate surface area is 64.6 Å². The first-order valence-electron chi connectivity index (χ1n) is 2.68. The van der Waals surface area contributed by atoms with Crippen LogP contribution in [-0.2, 0) is 15.0 Å². The summed E-state index contributed by atoms with van der Waals surface area (Å²) < 4.78 is 22.4. The van der Waals surface area contributed by atoms with Gasteiger partial charge in [0.25, 0.3) is 10.2 Å². The van der Waals surface area contributed by atoms with E-state index in [0.717, 1.165) is 0 Å². The maximum absolute atomic E-state index is 10.3. The van der Waals surface area contributed by atoms with Crippen molar-refractivity contribution in [3.8, 4) is 0 Å². The summed E-state index contributed by atoms with van der Waals surface area (Å²) in [7, 11) is -2.29. The molecule has 0 spiro atoms. The fourth-order valence-corrected chi connectivity index (χ4v) is 0.899. The van der Waals surface area contributed by atoms with E-state index in [1.54, 1.807) is 11.8 Å². The lowest BCUT2D eigenvalue weighted by Crippen LogP contribution is -2.34. The highest BCUT2D eigenvalue weighted by Gasteiger charge is 2.03. The molecule has 0 aromatic heterocycles. The van der Waals surface area contributed by atoms with Gasteiger partial charge in [-0.3, -0.25) is 4.72 Å². The molecule has 0 saturated heterocycles. The minimum Gasteiger partial charge on any atom is -0.314 e. The summed E-state index contributed by atoms with van der Waals surface area (Å²) in [4.78, 5) is 9.99. The van der Waals surface area contributed by atoms with Crippen LogP contribution in [0, 0.1) is 0 Å². The van der Waals surface area contributed by atoms with Crippen LogP contribution in [0.15, 0.2) is 5.70 Å². The average molecular weight is 179 g/mol. The van der Waals surface area contributed by atoms with Crippen molar-refractivity contribution in [3.63, 3.8) is 0 Å². The number of carbonyl (C=O) groups excluding carboxylic acids is 1. The predicted molar refractivity (Wildman–Crippen MR) is 39.4 cm³/mol. The molecule has 0 fully saturated rings. The molecule has 0 rings (SSSR count). The Balaban J connectivity index is 4.24. The molecule has 0 aliphatic heterocycles. The van der Waals surface area contributed by atoms with Crippen LogP contribution < -0.4 is 15.2 Å². The number of rotatable bonds is 4. The van der Waals surface area contributed by atoms with E-state index in [4.69, 9.17) is 0 Å². The smallest absolute Gasteiger partial charge is 0.296 e. The van der Waals surface area contributed by atoms with E-state index in [-0.39, 0.29) is 12.2 Å². The van der Waals surface area contributed by atoms with Crippen LogP contribution in [-0.4, -0.2) is 28.0 Å². The molecule has 0 aliphatic rings. The Kier molecular flexibility index (Phi) is 3.77. The van der Waals surface area contributed by atoms with Crippen LogP contribution in [0.25, 0.3) is 0 Å². The van der Waals surface area contributed by atoms with E-state index in [2.05, 4.69) is 10.5 Å². The van der Waals surface area contributed by atoms with Gasteiger partial charge in [-0.25, -0.2) is 9.93 Å². The van der Waals surface area contributed by atoms with Crippen molar-refractivity contribution in [2.24, 2.45) is 5.14 Å². The number of nitrogens with two attached hydrogens (primary N) is 1. The van der Waals surface area contributed by atoms with E-state index < -0.39 is 10.2 Å². The number of hydrogen-bond donors (Lipinski definition) is 3. The quantitative estimate of drug-likeness (QED) is 0.423. The summed E-state index contributed by atoms with van der Waals surface area (Å²) >= 11 is 0.